The second-order valence-corrected chi connectivity index (χ2v) is 7.76. The largest absolute Gasteiger partial charge is 0.356 e. The predicted octanol–water partition coefficient (Wildman–Crippen LogP) is 2.42. The van der Waals surface area contributed by atoms with Crippen molar-refractivity contribution in [3.8, 4) is 0 Å². The molecule has 3 aliphatic rings. The van der Waals surface area contributed by atoms with Gasteiger partial charge < -0.3 is 9.80 Å². The molecule has 2 atom stereocenters. The molecule has 5 rings (SSSR count). The molecule has 2 aliphatic heterocycles. The molecule has 4 heterocycles. The highest BCUT2D eigenvalue weighted by Gasteiger charge is 2.41. The number of aromatic nitrogens is 4. The van der Waals surface area contributed by atoms with E-state index in [1.54, 1.807) is 6.33 Å². The van der Waals surface area contributed by atoms with E-state index in [2.05, 4.69) is 35.8 Å². The first-order chi connectivity index (χ1) is 12.3. The maximum Gasteiger partial charge on any atom is 0.225 e. The second kappa shape index (κ2) is 5.93. The molecule has 0 spiro atoms. The van der Waals surface area contributed by atoms with Gasteiger partial charge in [-0.15, -0.1) is 0 Å². The van der Waals surface area contributed by atoms with Gasteiger partial charge in [-0.3, -0.25) is 0 Å². The van der Waals surface area contributed by atoms with Gasteiger partial charge in [0.15, 0.2) is 0 Å². The Hall–Kier alpha value is -2.24. The van der Waals surface area contributed by atoms with Crippen LogP contribution >= 0.6 is 0 Å². The normalized spacial score (nSPS) is 26.0. The summed E-state index contributed by atoms with van der Waals surface area (Å²) in [5.74, 6) is 4.01. The second-order valence-electron chi connectivity index (χ2n) is 7.76. The van der Waals surface area contributed by atoms with Crippen molar-refractivity contribution in [3.63, 3.8) is 0 Å². The lowest BCUT2D eigenvalue weighted by atomic mass is 9.83. The van der Waals surface area contributed by atoms with Crippen LogP contribution in [0.5, 0.6) is 0 Å². The molecule has 2 aromatic heterocycles. The molecule has 0 bridgehead atoms. The zero-order chi connectivity index (χ0) is 16.8. The van der Waals surface area contributed by atoms with Crippen LogP contribution in [0.4, 0.5) is 11.8 Å². The van der Waals surface area contributed by atoms with Crippen LogP contribution < -0.4 is 9.80 Å². The van der Waals surface area contributed by atoms with E-state index in [-0.39, 0.29) is 0 Å². The summed E-state index contributed by atoms with van der Waals surface area (Å²) in [6.07, 6.45) is 7.53. The van der Waals surface area contributed by atoms with Gasteiger partial charge in [-0.1, -0.05) is 6.42 Å². The molecule has 1 saturated carbocycles. The maximum absolute atomic E-state index is 4.59. The molecule has 2 saturated heterocycles. The monoisotopic (exact) mass is 336 g/mol. The molecule has 1 aliphatic carbocycles. The van der Waals surface area contributed by atoms with Crippen LogP contribution in [0.1, 0.15) is 36.6 Å². The van der Waals surface area contributed by atoms with E-state index in [0.29, 0.717) is 17.8 Å². The minimum absolute atomic E-state index is 0.665. The number of fused-ring (bicyclic) bond motifs is 1. The molecular formula is C19H24N6. The predicted molar refractivity (Wildman–Crippen MR) is 96.8 cm³/mol. The molecule has 25 heavy (non-hydrogen) atoms. The lowest BCUT2D eigenvalue weighted by Crippen LogP contribution is -2.30. The van der Waals surface area contributed by atoms with Crippen LogP contribution in [0, 0.1) is 18.8 Å². The van der Waals surface area contributed by atoms with E-state index in [1.807, 2.05) is 19.2 Å². The van der Waals surface area contributed by atoms with Crippen molar-refractivity contribution in [1.82, 2.24) is 19.9 Å². The summed E-state index contributed by atoms with van der Waals surface area (Å²) < 4.78 is 0. The average molecular weight is 336 g/mol. The van der Waals surface area contributed by atoms with Crippen LogP contribution in [0.2, 0.25) is 0 Å². The zero-order valence-electron chi connectivity index (χ0n) is 14.7. The maximum atomic E-state index is 4.59. The number of aryl methyl sites for hydroxylation is 1. The van der Waals surface area contributed by atoms with Gasteiger partial charge in [0.05, 0.1) is 0 Å². The lowest BCUT2D eigenvalue weighted by Gasteiger charge is -2.26. The van der Waals surface area contributed by atoms with Gasteiger partial charge >= 0.3 is 0 Å². The van der Waals surface area contributed by atoms with Crippen molar-refractivity contribution < 1.29 is 0 Å². The van der Waals surface area contributed by atoms with E-state index in [9.17, 15) is 0 Å². The minimum atomic E-state index is 0.665. The van der Waals surface area contributed by atoms with Crippen molar-refractivity contribution >= 4 is 11.8 Å². The fourth-order valence-corrected chi connectivity index (χ4v) is 4.39. The molecule has 2 unspecified atom stereocenters. The number of hydrogen-bond donors (Lipinski definition) is 0. The molecule has 0 aromatic carbocycles. The first-order valence-corrected chi connectivity index (χ1v) is 9.38. The molecule has 0 N–H and O–H groups in total. The van der Waals surface area contributed by atoms with E-state index >= 15 is 0 Å². The van der Waals surface area contributed by atoms with Crippen molar-refractivity contribution in [2.24, 2.45) is 11.8 Å². The van der Waals surface area contributed by atoms with Crippen LogP contribution in [0.3, 0.4) is 0 Å². The van der Waals surface area contributed by atoms with Crippen molar-refractivity contribution in [3.05, 3.63) is 36.0 Å². The summed E-state index contributed by atoms with van der Waals surface area (Å²) in [6.45, 7) is 6.27. The van der Waals surface area contributed by atoms with Crippen LogP contribution in [0.25, 0.3) is 0 Å². The van der Waals surface area contributed by atoms with Gasteiger partial charge in [0.1, 0.15) is 12.1 Å². The first kappa shape index (κ1) is 15.0. The molecule has 130 valence electrons. The summed E-state index contributed by atoms with van der Waals surface area (Å²) >= 11 is 0. The van der Waals surface area contributed by atoms with Gasteiger partial charge in [-0.2, -0.15) is 0 Å². The van der Waals surface area contributed by atoms with Crippen LogP contribution in [-0.4, -0.2) is 46.1 Å². The quantitative estimate of drug-likeness (QED) is 0.858. The summed E-state index contributed by atoms with van der Waals surface area (Å²) in [5.41, 5.74) is 2.27. The highest BCUT2D eigenvalue weighted by Crippen LogP contribution is 2.38. The fraction of sp³-hybridized carbons (Fsp3) is 0.579. The lowest BCUT2D eigenvalue weighted by molar-refractivity contribution is 0.410. The molecule has 0 radical (unpaired) electrons. The summed E-state index contributed by atoms with van der Waals surface area (Å²) in [6, 6.07) is 4.18. The SMILES string of the molecule is Cc1ccnc(N2CC3CN(c4cc(C5CCC5)ncn4)CC3C2)n1. The summed E-state index contributed by atoms with van der Waals surface area (Å²) in [5, 5.41) is 0. The Kier molecular flexibility index (Phi) is 3.57. The number of hydrogen-bond acceptors (Lipinski definition) is 6. The van der Waals surface area contributed by atoms with Gasteiger partial charge in [0.2, 0.25) is 5.95 Å². The Balaban J connectivity index is 1.28. The Bertz CT molecular complexity index is 760. The molecule has 3 fully saturated rings. The zero-order valence-corrected chi connectivity index (χ0v) is 14.7. The van der Waals surface area contributed by atoms with Crippen molar-refractivity contribution in [2.45, 2.75) is 32.1 Å². The Morgan fingerprint density at radius 2 is 1.72 bits per heavy atom. The van der Waals surface area contributed by atoms with E-state index in [1.165, 1.54) is 25.0 Å². The number of nitrogens with zero attached hydrogens (tertiary/aromatic N) is 6. The van der Waals surface area contributed by atoms with Crippen molar-refractivity contribution in [2.75, 3.05) is 36.0 Å². The van der Waals surface area contributed by atoms with Gasteiger partial charge in [0.25, 0.3) is 0 Å². The third-order valence-corrected chi connectivity index (χ3v) is 6.07. The molecule has 6 nitrogen and oxygen atoms in total. The molecule has 0 amide bonds. The van der Waals surface area contributed by atoms with Crippen LogP contribution in [0.15, 0.2) is 24.7 Å². The van der Waals surface area contributed by atoms with Crippen LogP contribution in [-0.2, 0) is 0 Å². The molecular weight excluding hydrogens is 312 g/mol. The Morgan fingerprint density at radius 3 is 2.40 bits per heavy atom. The molecule has 6 heteroatoms. The third-order valence-electron chi connectivity index (χ3n) is 6.07. The van der Waals surface area contributed by atoms with Gasteiger partial charge in [-0.05, 0) is 25.8 Å². The number of rotatable bonds is 3. The Labute approximate surface area is 148 Å². The average Bonchev–Trinajstić information content (AvgIpc) is 3.12. The topological polar surface area (TPSA) is 58.0 Å². The van der Waals surface area contributed by atoms with Crippen molar-refractivity contribution in [1.29, 1.82) is 0 Å². The summed E-state index contributed by atoms with van der Waals surface area (Å²) in [7, 11) is 0. The first-order valence-electron chi connectivity index (χ1n) is 9.38. The molecule has 2 aromatic rings. The number of anilines is 2. The van der Waals surface area contributed by atoms with E-state index < -0.39 is 0 Å². The van der Waals surface area contributed by atoms with E-state index in [0.717, 1.165) is 43.6 Å². The Morgan fingerprint density at radius 1 is 0.960 bits per heavy atom. The van der Waals surface area contributed by atoms with Gasteiger partial charge in [0, 0.05) is 67.6 Å². The fourth-order valence-electron chi connectivity index (χ4n) is 4.39. The third kappa shape index (κ3) is 2.73. The minimum Gasteiger partial charge on any atom is -0.356 e. The summed E-state index contributed by atoms with van der Waals surface area (Å²) in [4.78, 5) is 22.9. The van der Waals surface area contributed by atoms with Gasteiger partial charge in [-0.25, -0.2) is 19.9 Å². The highest BCUT2D eigenvalue weighted by molar-refractivity contribution is 5.44. The highest BCUT2D eigenvalue weighted by atomic mass is 15.3. The smallest absolute Gasteiger partial charge is 0.225 e. The standard InChI is InChI=1S/C19H24N6/c1-13-5-6-20-19(23-13)25-10-15-8-24(9-16(15)11-25)18-7-17(21-12-22-18)14-3-2-4-14/h5-7,12,14-16H,2-4,8-11H2,1H3. The van der Waals surface area contributed by atoms with E-state index in [4.69, 9.17) is 0 Å².